The lowest BCUT2D eigenvalue weighted by Crippen LogP contribution is -2.53. The molecule has 1 saturated carbocycles. The van der Waals surface area contributed by atoms with Crippen LogP contribution in [0.15, 0.2) is 24.3 Å². The second-order valence-electron chi connectivity index (χ2n) is 9.71. The number of alkyl carbamates (subject to hydrolysis) is 1. The highest BCUT2D eigenvalue weighted by Gasteiger charge is 2.47. The van der Waals surface area contributed by atoms with E-state index in [1.165, 1.54) is 0 Å². The molecule has 1 aliphatic rings. The molecule has 180 valence electrons. The fraction of sp³-hybridized carbons (Fsp3) is 0.577. The van der Waals surface area contributed by atoms with Crippen LogP contribution in [0.5, 0.6) is 0 Å². The van der Waals surface area contributed by atoms with E-state index in [0.717, 1.165) is 19.3 Å². The van der Waals surface area contributed by atoms with Gasteiger partial charge in [0.25, 0.3) is 0 Å². The van der Waals surface area contributed by atoms with Gasteiger partial charge in [-0.05, 0) is 64.2 Å². The molecule has 3 amide bonds. The molecule has 4 unspecified atom stereocenters. The van der Waals surface area contributed by atoms with Gasteiger partial charge in [-0.25, -0.2) is 4.79 Å². The second kappa shape index (κ2) is 11.2. The zero-order valence-corrected chi connectivity index (χ0v) is 20.6. The zero-order chi connectivity index (χ0) is 24.8. The van der Waals surface area contributed by atoms with Gasteiger partial charge in [-0.3, -0.25) is 9.59 Å². The Morgan fingerprint density at radius 2 is 1.85 bits per heavy atom. The quantitative estimate of drug-likeness (QED) is 0.438. The van der Waals surface area contributed by atoms with Gasteiger partial charge in [0, 0.05) is 18.2 Å². The van der Waals surface area contributed by atoms with Crippen molar-refractivity contribution in [2.45, 2.75) is 84.5 Å². The number of amides is 3. The van der Waals surface area contributed by atoms with Crippen molar-refractivity contribution in [1.82, 2.24) is 15.5 Å². The fourth-order valence-electron chi connectivity index (χ4n) is 3.63. The zero-order valence-electron chi connectivity index (χ0n) is 20.6. The number of terminal acetylenes is 1. The summed E-state index contributed by atoms with van der Waals surface area (Å²) in [5, 5.41) is 5.59. The maximum atomic E-state index is 13.6. The average molecular weight is 456 g/mol. The minimum Gasteiger partial charge on any atom is -0.444 e. The number of benzene rings is 1. The lowest BCUT2D eigenvalue weighted by molar-refractivity contribution is -0.143. The molecule has 2 rings (SSSR count). The summed E-state index contributed by atoms with van der Waals surface area (Å²) < 4.78 is 5.30. The molecule has 0 radical (unpaired) electrons. The first-order chi connectivity index (χ1) is 15.5. The molecule has 0 bridgehead atoms. The van der Waals surface area contributed by atoms with Gasteiger partial charge in [-0.2, -0.15) is 0 Å². The van der Waals surface area contributed by atoms with Gasteiger partial charge < -0.3 is 20.3 Å². The SMILES string of the molecule is C#Cc1ccc(C(C(=O)NCCCC)N(C(=O)C(C)NC(=O)OC(C)(C)C)C2CC2C)cc1. The molecule has 0 spiro atoms. The monoisotopic (exact) mass is 455 g/mol. The number of ether oxygens (including phenoxy) is 1. The molecule has 1 fully saturated rings. The van der Waals surface area contributed by atoms with Crippen molar-refractivity contribution >= 4 is 17.9 Å². The Kier molecular flexibility index (Phi) is 8.92. The van der Waals surface area contributed by atoms with E-state index >= 15 is 0 Å². The Balaban J connectivity index is 2.34. The van der Waals surface area contributed by atoms with E-state index in [2.05, 4.69) is 16.6 Å². The largest absolute Gasteiger partial charge is 0.444 e. The molecule has 7 heteroatoms. The molecule has 1 aromatic rings. The van der Waals surface area contributed by atoms with Crippen LogP contribution >= 0.6 is 0 Å². The number of nitrogens with zero attached hydrogens (tertiary/aromatic N) is 1. The summed E-state index contributed by atoms with van der Waals surface area (Å²) >= 11 is 0. The maximum Gasteiger partial charge on any atom is 0.408 e. The molecule has 0 saturated heterocycles. The van der Waals surface area contributed by atoms with Gasteiger partial charge in [-0.1, -0.05) is 38.3 Å². The Morgan fingerprint density at radius 3 is 2.33 bits per heavy atom. The molecular formula is C26H37N3O4. The number of carbonyl (C=O) groups is 3. The summed E-state index contributed by atoms with van der Waals surface area (Å²) in [5.41, 5.74) is 0.694. The topological polar surface area (TPSA) is 87.7 Å². The number of hydrogen-bond donors (Lipinski definition) is 2. The highest BCUT2D eigenvalue weighted by atomic mass is 16.6. The van der Waals surface area contributed by atoms with E-state index in [9.17, 15) is 14.4 Å². The van der Waals surface area contributed by atoms with Crippen molar-refractivity contribution < 1.29 is 19.1 Å². The van der Waals surface area contributed by atoms with Crippen molar-refractivity contribution in [3.63, 3.8) is 0 Å². The first-order valence-electron chi connectivity index (χ1n) is 11.6. The van der Waals surface area contributed by atoms with Crippen molar-refractivity contribution in [2.24, 2.45) is 5.92 Å². The molecule has 0 aromatic heterocycles. The van der Waals surface area contributed by atoms with Crippen LogP contribution < -0.4 is 10.6 Å². The molecule has 7 nitrogen and oxygen atoms in total. The number of hydrogen-bond acceptors (Lipinski definition) is 4. The van der Waals surface area contributed by atoms with Gasteiger partial charge in [0.1, 0.15) is 17.7 Å². The minimum atomic E-state index is -0.858. The van der Waals surface area contributed by atoms with Crippen LogP contribution in [0.3, 0.4) is 0 Å². The van der Waals surface area contributed by atoms with Crippen LogP contribution in [0, 0.1) is 18.3 Å². The smallest absolute Gasteiger partial charge is 0.408 e. The fourth-order valence-corrected chi connectivity index (χ4v) is 3.63. The van der Waals surface area contributed by atoms with Crippen molar-refractivity contribution in [3.05, 3.63) is 35.4 Å². The molecule has 0 aliphatic heterocycles. The summed E-state index contributed by atoms with van der Waals surface area (Å²) in [6.07, 6.45) is 7.40. The van der Waals surface area contributed by atoms with E-state index in [4.69, 9.17) is 11.2 Å². The molecule has 1 aliphatic carbocycles. The van der Waals surface area contributed by atoms with Gasteiger partial charge >= 0.3 is 6.09 Å². The number of nitrogens with one attached hydrogen (secondary N) is 2. The second-order valence-corrected chi connectivity index (χ2v) is 9.71. The van der Waals surface area contributed by atoms with Crippen molar-refractivity contribution in [1.29, 1.82) is 0 Å². The highest BCUT2D eigenvalue weighted by molar-refractivity contribution is 5.92. The maximum absolute atomic E-state index is 13.6. The van der Waals surface area contributed by atoms with Gasteiger partial charge in [0.05, 0.1) is 0 Å². The van der Waals surface area contributed by atoms with Gasteiger partial charge in [-0.15, -0.1) is 6.42 Å². The van der Waals surface area contributed by atoms with Crippen LogP contribution in [0.2, 0.25) is 0 Å². The van der Waals surface area contributed by atoms with Crippen LogP contribution in [0.4, 0.5) is 4.79 Å². The molecular weight excluding hydrogens is 418 g/mol. The van der Waals surface area contributed by atoms with E-state index in [0.29, 0.717) is 17.7 Å². The van der Waals surface area contributed by atoms with Crippen LogP contribution in [0.25, 0.3) is 0 Å². The Labute approximate surface area is 197 Å². The Bertz CT molecular complexity index is 882. The summed E-state index contributed by atoms with van der Waals surface area (Å²) in [6.45, 7) is 11.5. The third kappa shape index (κ3) is 7.52. The highest BCUT2D eigenvalue weighted by Crippen LogP contribution is 2.40. The summed E-state index contributed by atoms with van der Waals surface area (Å²) in [5.74, 6) is 2.27. The van der Waals surface area contributed by atoms with E-state index < -0.39 is 23.8 Å². The summed E-state index contributed by atoms with van der Waals surface area (Å²) in [7, 11) is 0. The third-order valence-corrected chi connectivity index (χ3v) is 5.53. The molecule has 1 aromatic carbocycles. The molecule has 33 heavy (non-hydrogen) atoms. The van der Waals surface area contributed by atoms with Gasteiger partial charge in [0.15, 0.2) is 0 Å². The Morgan fingerprint density at radius 1 is 1.24 bits per heavy atom. The average Bonchev–Trinajstić information content (AvgIpc) is 3.46. The van der Waals surface area contributed by atoms with Crippen LogP contribution in [-0.2, 0) is 14.3 Å². The van der Waals surface area contributed by atoms with Crippen molar-refractivity contribution in [3.8, 4) is 12.3 Å². The third-order valence-electron chi connectivity index (χ3n) is 5.53. The number of rotatable bonds is 9. The lowest BCUT2D eigenvalue weighted by Gasteiger charge is -2.34. The van der Waals surface area contributed by atoms with Crippen LogP contribution in [-0.4, -0.2) is 47.0 Å². The minimum absolute atomic E-state index is 0.0883. The van der Waals surface area contributed by atoms with E-state index in [1.807, 2.05) is 13.8 Å². The molecule has 2 N–H and O–H groups in total. The number of carbonyl (C=O) groups excluding carboxylic acids is 3. The van der Waals surface area contributed by atoms with Gasteiger partial charge in [0.2, 0.25) is 11.8 Å². The van der Waals surface area contributed by atoms with Crippen LogP contribution in [0.1, 0.15) is 78.0 Å². The normalized spacial score (nSPS) is 18.9. The first-order valence-corrected chi connectivity index (χ1v) is 11.6. The Hall–Kier alpha value is -3.01. The van der Waals surface area contributed by atoms with Crippen molar-refractivity contribution in [2.75, 3.05) is 6.54 Å². The molecule has 0 heterocycles. The summed E-state index contributed by atoms with van der Waals surface area (Å²) in [4.78, 5) is 40.8. The van der Waals surface area contributed by atoms with E-state index in [1.54, 1.807) is 56.9 Å². The standard InChI is InChI=1S/C26H37N3O4/c1-8-10-15-27-23(30)22(20-13-11-19(9-2)12-14-20)29(21-16-17(21)3)24(31)18(4)28-25(32)33-26(5,6)7/h2,11-14,17-18,21-22H,8,10,15-16H2,1,3-7H3,(H,27,30)(H,28,32). The number of unbranched alkanes of at least 4 members (excludes halogenated alkanes) is 1. The lowest BCUT2D eigenvalue weighted by atomic mass is 10.0. The molecule has 4 atom stereocenters. The van der Waals surface area contributed by atoms with E-state index in [-0.39, 0.29) is 23.8 Å². The predicted octanol–water partition coefficient (Wildman–Crippen LogP) is 3.78. The first kappa shape index (κ1) is 26.2. The summed E-state index contributed by atoms with van der Waals surface area (Å²) in [6, 6.07) is 5.35. The predicted molar refractivity (Wildman–Crippen MR) is 128 cm³/mol.